The van der Waals surface area contributed by atoms with Gasteiger partial charge in [-0.05, 0) is 0 Å². The highest BCUT2D eigenvalue weighted by Crippen LogP contribution is 2.53. The Morgan fingerprint density at radius 3 is 1.08 bits per heavy atom. The van der Waals surface area contributed by atoms with Crippen LogP contribution in [0, 0.1) is 0 Å². The van der Waals surface area contributed by atoms with Crippen LogP contribution in [-0.4, -0.2) is 240 Å². The fourth-order valence-electron chi connectivity index (χ4n) is 10.4. The lowest BCUT2D eigenvalue weighted by Crippen LogP contribution is -2.37. The number of nitrogen functional groups attached to an aromatic ring is 4. The van der Waals surface area contributed by atoms with Crippen LogP contribution in [0.4, 0.5) is 23.3 Å². The van der Waals surface area contributed by atoms with E-state index in [1.807, 2.05) is 0 Å². The molecule has 0 bridgehead atoms. The number of ether oxygens (including phenoxy) is 6. The summed E-state index contributed by atoms with van der Waals surface area (Å²) in [6, 6.07) is 0. The molecule has 49 heteroatoms. The van der Waals surface area contributed by atoms with E-state index < -0.39 is 168 Å². The normalized spacial score (nSPS) is 30.9. The number of aliphatic hydroxyl groups is 5. The summed E-state index contributed by atoms with van der Waals surface area (Å²) in [5.41, 5.74) is 24.2. The van der Waals surface area contributed by atoms with Crippen LogP contribution in [-0.2, 0) is 69.3 Å². The molecule has 0 aromatic carbocycles. The molecule has 3 unspecified atom stereocenters. The summed E-state index contributed by atoms with van der Waals surface area (Å²) in [5.74, 6) is -0.251. The van der Waals surface area contributed by atoms with Crippen LogP contribution in [0.1, 0.15) is 24.9 Å². The van der Waals surface area contributed by atoms with Crippen LogP contribution in [0.3, 0.4) is 0 Å². The van der Waals surface area contributed by atoms with E-state index in [-0.39, 0.29) is 67.9 Å². The van der Waals surface area contributed by atoms with E-state index in [0.717, 1.165) is 48.9 Å². The Balaban J connectivity index is 0.724. The van der Waals surface area contributed by atoms with Gasteiger partial charge < -0.3 is 110 Å². The van der Waals surface area contributed by atoms with Gasteiger partial charge in [0.1, 0.15) is 133 Å². The first kappa shape index (κ1) is 64.6. The van der Waals surface area contributed by atoms with Crippen molar-refractivity contribution in [3.8, 4) is 0 Å². The maximum Gasteiger partial charge on any atom is 0.472 e. The third-order valence-corrected chi connectivity index (χ3v) is 18.3. The van der Waals surface area contributed by atoms with Gasteiger partial charge in [0.05, 0.1) is 51.7 Å². The minimum absolute atomic E-state index is 0.00320. The van der Waals surface area contributed by atoms with Crippen LogP contribution in [0.25, 0.3) is 44.7 Å². The second kappa shape index (κ2) is 25.1. The SMILES string of the molecule is Nc1ncnc2c1ncn2[C@@H]1O[C@H](COP(=O)(O)CO[C@@H]2[C@@H](O)[C@@H](COP(=O)(O)O[C@@H]3[C@H](O)[C@@H](COP(=O)(O)CO[C@@H]4[C@@H](O)[C@@H](COP(=O)(O)O)O[C@H]4n4cnc5c(N)ncnc54)O[C@H]3n3cnc4c(N)ncnc43)O[C@H]2n2cnc3c(N)ncnc32)[C@@H](O)[C@H]1O. The number of fused-ring (bicyclic) bond motifs is 4. The van der Waals surface area contributed by atoms with Gasteiger partial charge in [-0.15, -0.1) is 0 Å². The van der Waals surface area contributed by atoms with Crippen LogP contribution >= 0.6 is 30.8 Å². The van der Waals surface area contributed by atoms with Gasteiger partial charge in [0, 0.05) is 0 Å². The first-order valence-corrected chi connectivity index (χ1v) is 33.0. The second-order valence-corrected chi connectivity index (χ2v) is 26.8. The van der Waals surface area contributed by atoms with Crippen LogP contribution in [0.5, 0.6) is 0 Å². The highest BCUT2D eigenvalue weighted by Gasteiger charge is 2.54. The van der Waals surface area contributed by atoms with E-state index in [2.05, 4.69) is 64.3 Å². The Morgan fingerprint density at radius 1 is 0.396 bits per heavy atom. The van der Waals surface area contributed by atoms with Gasteiger partial charge in [-0.25, -0.2) is 68.9 Å². The van der Waals surface area contributed by atoms with E-state index in [0.29, 0.717) is 0 Å². The molecule has 8 aromatic heterocycles. The van der Waals surface area contributed by atoms with E-state index in [1.54, 1.807) is 0 Å². The number of anilines is 4. The third kappa shape index (κ3) is 13.0. The lowest BCUT2D eigenvalue weighted by Gasteiger charge is -2.25. The number of phosphoric acid groups is 2. The molecule has 4 fully saturated rings. The van der Waals surface area contributed by atoms with Crippen LogP contribution in [0.15, 0.2) is 50.6 Å². The van der Waals surface area contributed by atoms with Crippen molar-refractivity contribution in [1.29, 1.82) is 0 Å². The first-order chi connectivity index (χ1) is 43.2. The molecular formula is C42H54N20O25P4. The molecule has 4 saturated heterocycles. The van der Waals surface area contributed by atoms with Gasteiger partial charge in [-0.2, -0.15) is 0 Å². The molecule has 45 nitrogen and oxygen atoms in total. The standard InChI is InChI=1S/C42H54N20O25P4/c43-31-19-35(51-5-47-31)59(9-55-19)39-27(67)23(63)15(83-39)1-79-88(68,69)13-78-29-25(65)18(85-41(29)61-11-57-21-33(45)49-7-53-37(21)61)4-82-91(75,76)87-30-26(66)16(86-42(30)62-12-58-22-34(46)50-8-54-38(22)62)2-80-89(70,71)14-77-28-24(64)17(3-81-90(72,73)74)84-40(28)60-10-56-20-32(44)48-6-52-36(20)60/h5-12,15-18,23-30,39-42,63-67H,1-4,13-14H2,(H,68,69)(H,70,71)(H,75,76)(H2,43,47,51)(H2,44,48,52)(H2,45,49,53)(H2,46,50,54)(H2,72,73,74)/t15-,16-,17-,18-,23-,24+,25+,26-,27-,28-,29-,30-,39-,40-,41-,42-/m1/s1. The quantitative estimate of drug-likeness (QED) is 0.0255. The molecule has 19 atom stereocenters. The maximum atomic E-state index is 14.1. The Bertz CT molecular complexity index is 4190. The van der Waals surface area contributed by atoms with Crippen molar-refractivity contribution in [2.24, 2.45) is 0 Å². The number of hydrogen-bond donors (Lipinski definition) is 14. The molecule has 4 aliphatic rings. The monoisotopic (exact) mass is 1360 g/mol. The van der Waals surface area contributed by atoms with Gasteiger partial charge in [0.2, 0.25) is 0 Å². The van der Waals surface area contributed by atoms with E-state index in [9.17, 15) is 68.3 Å². The summed E-state index contributed by atoms with van der Waals surface area (Å²) in [6.07, 6.45) is -20.3. The first-order valence-electron chi connectivity index (χ1n) is 26.4. The van der Waals surface area contributed by atoms with E-state index in [4.69, 9.17) is 69.5 Å². The molecule has 0 radical (unpaired) electrons. The summed E-state index contributed by atoms with van der Waals surface area (Å²) in [4.78, 5) is 101. The molecule has 0 amide bonds. The van der Waals surface area contributed by atoms with Gasteiger partial charge >= 0.3 is 30.8 Å². The Hall–Kier alpha value is -6.52. The lowest BCUT2D eigenvalue weighted by molar-refractivity contribution is -0.0691. The molecule has 4 aliphatic heterocycles. The molecule has 0 aliphatic carbocycles. The molecule has 0 saturated carbocycles. The van der Waals surface area contributed by atoms with Gasteiger partial charge in [0.25, 0.3) is 0 Å². The number of aliphatic hydroxyl groups excluding tert-OH is 5. The minimum atomic E-state index is -5.56. The topological polar surface area (TPSA) is 651 Å². The van der Waals surface area contributed by atoms with Crippen molar-refractivity contribution >= 4 is 98.8 Å². The molecular weight excluding hydrogens is 1310 g/mol. The fourth-order valence-corrected chi connectivity index (χ4v) is 13.3. The number of hydrogen-bond acceptors (Lipinski definition) is 36. The predicted octanol–water partition coefficient (Wildman–Crippen LogP) is -4.23. The lowest BCUT2D eigenvalue weighted by atomic mass is 10.1. The largest absolute Gasteiger partial charge is 0.472 e. The summed E-state index contributed by atoms with van der Waals surface area (Å²) in [7, 11) is -20.6. The average molecular weight is 1360 g/mol. The number of aromatic nitrogens is 16. The molecule has 12 heterocycles. The number of imidazole rings is 4. The molecule has 91 heavy (non-hydrogen) atoms. The van der Waals surface area contributed by atoms with Crippen molar-refractivity contribution in [3.63, 3.8) is 0 Å². The second-order valence-electron chi connectivity index (χ2n) is 20.6. The number of rotatable bonds is 24. The van der Waals surface area contributed by atoms with Crippen molar-refractivity contribution in [2.45, 2.75) is 98.2 Å². The predicted molar refractivity (Wildman–Crippen MR) is 294 cm³/mol. The fraction of sp³-hybridized carbons (Fsp3) is 0.524. The summed E-state index contributed by atoms with van der Waals surface area (Å²) >= 11 is 0. The summed E-state index contributed by atoms with van der Waals surface area (Å²) in [6.45, 7) is -3.74. The Kier molecular flexibility index (Phi) is 17.8. The summed E-state index contributed by atoms with van der Waals surface area (Å²) in [5, 5.41) is 56.7. The maximum absolute atomic E-state index is 14.1. The van der Waals surface area contributed by atoms with Gasteiger partial charge in [-0.3, -0.25) is 41.0 Å². The van der Waals surface area contributed by atoms with Crippen molar-refractivity contribution in [1.82, 2.24) is 78.1 Å². The Morgan fingerprint density at radius 2 is 0.703 bits per heavy atom. The number of phosphoric ester groups is 2. The van der Waals surface area contributed by atoms with Crippen LogP contribution < -0.4 is 22.9 Å². The van der Waals surface area contributed by atoms with Crippen LogP contribution in [0.2, 0.25) is 0 Å². The molecule has 12 rings (SSSR count). The van der Waals surface area contributed by atoms with Gasteiger partial charge in [0.15, 0.2) is 70.8 Å². The van der Waals surface area contributed by atoms with Crippen molar-refractivity contribution in [2.75, 3.05) is 62.1 Å². The zero-order valence-electron chi connectivity index (χ0n) is 45.9. The molecule has 0 spiro atoms. The smallest absolute Gasteiger partial charge is 0.387 e. The average Bonchev–Trinajstić information content (AvgIpc) is 1.65. The molecule has 18 N–H and O–H groups in total. The van der Waals surface area contributed by atoms with Gasteiger partial charge in [-0.1, -0.05) is 0 Å². The Labute approximate surface area is 505 Å². The molecule has 492 valence electrons. The highest BCUT2D eigenvalue weighted by molar-refractivity contribution is 7.52. The molecule has 8 aromatic rings. The zero-order valence-corrected chi connectivity index (χ0v) is 49.5. The zero-order chi connectivity index (χ0) is 64.6. The number of nitrogens with two attached hydrogens (primary N) is 4. The minimum Gasteiger partial charge on any atom is -0.387 e. The van der Waals surface area contributed by atoms with E-state index >= 15 is 0 Å². The van der Waals surface area contributed by atoms with E-state index in [1.165, 1.54) is 20.0 Å². The third-order valence-electron chi connectivity index (χ3n) is 14.7. The van der Waals surface area contributed by atoms with Crippen molar-refractivity contribution in [3.05, 3.63) is 50.6 Å². The highest BCUT2D eigenvalue weighted by atomic mass is 31.2. The number of nitrogens with zero attached hydrogens (tertiary/aromatic N) is 16. The van der Waals surface area contributed by atoms with Crippen molar-refractivity contribution < 1.29 is 119 Å². The summed E-state index contributed by atoms with van der Waals surface area (Å²) < 4.78 is 119.